The third-order valence-electron chi connectivity index (χ3n) is 4.05. The van der Waals surface area contributed by atoms with Gasteiger partial charge in [-0.05, 0) is 26.4 Å². The molecule has 0 aromatic carbocycles. The number of hydrogen-bond donors (Lipinski definition) is 0. The summed E-state index contributed by atoms with van der Waals surface area (Å²) in [6.07, 6.45) is 4.15. The number of nitrogens with zero attached hydrogens (tertiary/aromatic N) is 4. The van der Waals surface area contributed by atoms with Crippen molar-refractivity contribution in [2.75, 3.05) is 39.2 Å². The second kappa shape index (κ2) is 6.99. The molecule has 1 aromatic heterocycles. The van der Waals surface area contributed by atoms with E-state index in [1.54, 1.807) is 13.4 Å². The Morgan fingerprint density at radius 2 is 2.15 bits per heavy atom. The van der Waals surface area contributed by atoms with Crippen LogP contribution in [-0.2, 0) is 11.3 Å². The Morgan fingerprint density at radius 1 is 1.35 bits per heavy atom. The highest BCUT2D eigenvalue weighted by Gasteiger charge is 2.34. The molecule has 0 N–H and O–H groups in total. The third-order valence-corrected chi connectivity index (χ3v) is 4.05. The number of ether oxygens (including phenoxy) is 1. The van der Waals surface area contributed by atoms with Crippen LogP contribution in [0.1, 0.15) is 25.5 Å². The number of aromatic nitrogens is 2. The van der Waals surface area contributed by atoms with Gasteiger partial charge in [0.05, 0.1) is 12.3 Å². The average molecular weight is 278 g/mol. The summed E-state index contributed by atoms with van der Waals surface area (Å²) in [6.45, 7) is 4.93. The van der Waals surface area contributed by atoms with Crippen LogP contribution in [0.5, 0.6) is 0 Å². The predicted octanol–water partition coefficient (Wildman–Crippen LogP) is 1.79. The Bertz CT molecular complexity index is 424. The standard InChI is InChI=1S/C15H26N4O/c1-5-6-12-8-19(9-14(12)18(2)3)15-7-13(10-20-4)16-11-17-15/h7,11-12,14H,5-6,8-10H2,1-4H3/t12-,14-/m1/s1. The summed E-state index contributed by atoms with van der Waals surface area (Å²) in [5.41, 5.74) is 0.942. The third kappa shape index (κ3) is 3.46. The Kier molecular flexibility index (Phi) is 5.31. The first-order chi connectivity index (χ1) is 9.65. The smallest absolute Gasteiger partial charge is 0.132 e. The summed E-state index contributed by atoms with van der Waals surface area (Å²) in [6, 6.07) is 2.65. The van der Waals surface area contributed by atoms with Crippen LogP contribution in [0.15, 0.2) is 12.4 Å². The first-order valence-corrected chi connectivity index (χ1v) is 7.37. The molecule has 0 spiro atoms. The van der Waals surface area contributed by atoms with Gasteiger partial charge in [0.2, 0.25) is 0 Å². The van der Waals surface area contributed by atoms with Gasteiger partial charge >= 0.3 is 0 Å². The van der Waals surface area contributed by atoms with E-state index < -0.39 is 0 Å². The molecular weight excluding hydrogens is 252 g/mol. The van der Waals surface area contributed by atoms with Gasteiger partial charge in [-0.15, -0.1) is 0 Å². The fourth-order valence-electron chi connectivity index (χ4n) is 3.07. The highest BCUT2D eigenvalue weighted by atomic mass is 16.5. The van der Waals surface area contributed by atoms with Gasteiger partial charge in [-0.2, -0.15) is 0 Å². The monoisotopic (exact) mass is 278 g/mol. The van der Waals surface area contributed by atoms with Crippen LogP contribution in [0.4, 0.5) is 5.82 Å². The molecule has 2 heterocycles. The maximum Gasteiger partial charge on any atom is 0.132 e. The van der Waals surface area contributed by atoms with Crippen LogP contribution in [0.25, 0.3) is 0 Å². The molecule has 1 aliphatic heterocycles. The van der Waals surface area contributed by atoms with Crippen LogP contribution >= 0.6 is 0 Å². The van der Waals surface area contributed by atoms with Crippen molar-refractivity contribution in [1.82, 2.24) is 14.9 Å². The van der Waals surface area contributed by atoms with Gasteiger partial charge in [-0.3, -0.25) is 0 Å². The fraction of sp³-hybridized carbons (Fsp3) is 0.733. The van der Waals surface area contributed by atoms with Gasteiger partial charge in [0.25, 0.3) is 0 Å². The van der Waals surface area contributed by atoms with E-state index >= 15 is 0 Å². The van der Waals surface area contributed by atoms with Gasteiger partial charge in [0.15, 0.2) is 0 Å². The molecule has 1 saturated heterocycles. The van der Waals surface area contributed by atoms with E-state index in [1.807, 2.05) is 6.07 Å². The molecule has 1 fully saturated rings. The van der Waals surface area contributed by atoms with Gasteiger partial charge in [0, 0.05) is 32.3 Å². The van der Waals surface area contributed by atoms with Crippen molar-refractivity contribution in [3.05, 3.63) is 18.1 Å². The predicted molar refractivity (Wildman–Crippen MR) is 80.8 cm³/mol. The van der Waals surface area contributed by atoms with Crippen LogP contribution in [0, 0.1) is 5.92 Å². The lowest BCUT2D eigenvalue weighted by Gasteiger charge is -2.24. The zero-order valence-electron chi connectivity index (χ0n) is 13.0. The SMILES string of the molecule is CCC[C@@H]1CN(c2cc(COC)ncn2)C[C@H]1N(C)C. The highest BCUT2D eigenvalue weighted by Crippen LogP contribution is 2.28. The summed E-state index contributed by atoms with van der Waals surface area (Å²) < 4.78 is 5.15. The lowest BCUT2D eigenvalue weighted by molar-refractivity contribution is 0.181. The normalized spacial score (nSPS) is 22.8. The average Bonchev–Trinajstić information content (AvgIpc) is 2.84. The molecule has 5 nitrogen and oxygen atoms in total. The van der Waals surface area contributed by atoms with E-state index in [4.69, 9.17) is 4.74 Å². The molecule has 0 saturated carbocycles. The molecule has 1 aliphatic rings. The van der Waals surface area contributed by atoms with Gasteiger partial charge in [-0.1, -0.05) is 13.3 Å². The van der Waals surface area contributed by atoms with Crippen LogP contribution in [0.2, 0.25) is 0 Å². The Labute approximate surface area is 122 Å². The molecule has 20 heavy (non-hydrogen) atoms. The fourth-order valence-corrected chi connectivity index (χ4v) is 3.07. The second-order valence-electron chi connectivity index (χ2n) is 5.79. The maximum atomic E-state index is 5.15. The minimum atomic E-state index is 0.541. The van der Waals surface area contributed by atoms with Crippen molar-refractivity contribution < 1.29 is 4.74 Å². The number of likely N-dealkylation sites (N-methyl/N-ethyl adjacent to an activating group) is 1. The van der Waals surface area contributed by atoms with Crippen molar-refractivity contribution in [3.8, 4) is 0 Å². The molecular formula is C15H26N4O. The topological polar surface area (TPSA) is 41.5 Å². The van der Waals surface area contributed by atoms with Crippen LogP contribution in [0.3, 0.4) is 0 Å². The van der Waals surface area contributed by atoms with Crippen molar-refractivity contribution >= 4 is 5.82 Å². The first kappa shape index (κ1) is 15.2. The van der Waals surface area contributed by atoms with E-state index in [2.05, 4.69) is 40.8 Å². The number of anilines is 1. The lowest BCUT2D eigenvalue weighted by atomic mass is 9.98. The molecule has 0 amide bonds. The maximum absolute atomic E-state index is 5.15. The van der Waals surface area contributed by atoms with E-state index in [0.717, 1.165) is 30.5 Å². The molecule has 0 bridgehead atoms. The molecule has 5 heteroatoms. The lowest BCUT2D eigenvalue weighted by Crippen LogP contribution is -2.35. The van der Waals surface area contributed by atoms with Gasteiger partial charge in [-0.25, -0.2) is 9.97 Å². The quantitative estimate of drug-likeness (QED) is 0.793. The molecule has 0 radical (unpaired) electrons. The van der Waals surface area contributed by atoms with Crippen molar-refractivity contribution in [2.45, 2.75) is 32.4 Å². The Hall–Kier alpha value is -1.20. The van der Waals surface area contributed by atoms with Crippen LogP contribution < -0.4 is 4.90 Å². The van der Waals surface area contributed by atoms with E-state index in [-0.39, 0.29) is 0 Å². The zero-order valence-corrected chi connectivity index (χ0v) is 13.0. The largest absolute Gasteiger partial charge is 0.378 e. The summed E-state index contributed by atoms with van der Waals surface area (Å²) >= 11 is 0. The Balaban J connectivity index is 2.11. The summed E-state index contributed by atoms with van der Waals surface area (Å²) in [7, 11) is 6.04. The Morgan fingerprint density at radius 3 is 2.80 bits per heavy atom. The first-order valence-electron chi connectivity index (χ1n) is 7.37. The summed E-state index contributed by atoms with van der Waals surface area (Å²) in [4.78, 5) is 13.4. The molecule has 1 aromatic rings. The highest BCUT2D eigenvalue weighted by molar-refractivity contribution is 5.41. The zero-order chi connectivity index (χ0) is 14.5. The minimum Gasteiger partial charge on any atom is -0.378 e. The summed E-state index contributed by atoms with van der Waals surface area (Å²) in [5.74, 6) is 1.74. The van der Waals surface area contributed by atoms with Crippen molar-refractivity contribution in [3.63, 3.8) is 0 Å². The van der Waals surface area contributed by atoms with E-state index in [1.165, 1.54) is 12.8 Å². The van der Waals surface area contributed by atoms with Gasteiger partial charge < -0.3 is 14.5 Å². The van der Waals surface area contributed by atoms with E-state index in [0.29, 0.717) is 12.6 Å². The van der Waals surface area contributed by atoms with Crippen LogP contribution in [-0.4, -0.2) is 55.2 Å². The van der Waals surface area contributed by atoms with E-state index in [9.17, 15) is 0 Å². The van der Waals surface area contributed by atoms with Crippen molar-refractivity contribution in [2.24, 2.45) is 5.92 Å². The number of hydrogen-bond acceptors (Lipinski definition) is 5. The van der Waals surface area contributed by atoms with Crippen molar-refractivity contribution in [1.29, 1.82) is 0 Å². The molecule has 2 atom stereocenters. The molecule has 112 valence electrons. The molecule has 2 rings (SSSR count). The molecule has 0 unspecified atom stereocenters. The molecule has 0 aliphatic carbocycles. The summed E-state index contributed by atoms with van der Waals surface area (Å²) in [5, 5.41) is 0. The number of rotatable bonds is 6. The number of methoxy groups -OCH3 is 1. The minimum absolute atomic E-state index is 0.541. The van der Waals surface area contributed by atoms with Gasteiger partial charge in [0.1, 0.15) is 12.1 Å². The second-order valence-corrected chi connectivity index (χ2v) is 5.79.